The molecule has 9 heteroatoms. The van der Waals surface area contributed by atoms with E-state index in [1.54, 1.807) is 0 Å². The summed E-state index contributed by atoms with van der Waals surface area (Å²) < 4.78 is 5.64. The number of carbonyl (C=O) groups is 1. The summed E-state index contributed by atoms with van der Waals surface area (Å²) in [6, 6.07) is -0.285. The van der Waals surface area contributed by atoms with Gasteiger partial charge in [-0.3, -0.25) is 4.99 Å². The van der Waals surface area contributed by atoms with Crippen LogP contribution in [0.1, 0.15) is 116 Å². The zero-order valence-electron chi connectivity index (χ0n) is 22.6. The second-order valence-electron chi connectivity index (χ2n) is 9.70. The standard InChI is InChI=1S/C27H52N6O3/c1-2-3-4-5-6-7-8-10-13-17-22-24(23(18-16-20-34)33-27(30)32-22)25(35)36-21-15-12-9-11-14-19-31-26(28)29/h22,34H,2-21H2,1H3,(H4,28,29,31)(H3,30,32,33). The Morgan fingerprint density at radius 1 is 0.944 bits per heavy atom. The van der Waals surface area contributed by atoms with Gasteiger partial charge in [0.05, 0.1) is 18.2 Å². The molecule has 0 radical (unpaired) electrons. The van der Waals surface area contributed by atoms with Gasteiger partial charge in [0.2, 0.25) is 0 Å². The number of carbonyl (C=O) groups excluding carboxylic acids is 1. The van der Waals surface area contributed by atoms with E-state index in [9.17, 15) is 9.90 Å². The first-order chi connectivity index (χ1) is 17.5. The number of ether oxygens (including phenoxy) is 1. The zero-order valence-corrected chi connectivity index (χ0v) is 22.6. The van der Waals surface area contributed by atoms with Crippen molar-refractivity contribution < 1.29 is 14.6 Å². The molecule has 1 unspecified atom stereocenters. The first kappa shape index (κ1) is 31.7. The molecule has 208 valence electrons. The van der Waals surface area contributed by atoms with Crippen molar-refractivity contribution in [1.82, 2.24) is 5.32 Å². The largest absolute Gasteiger partial charge is 0.462 e. The van der Waals surface area contributed by atoms with E-state index in [1.165, 1.54) is 44.9 Å². The van der Waals surface area contributed by atoms with Crippen molar-refractivity contribution in [2.24, 2.45) is 27.2 Å². The molecular formula is C27H52N6O3. The second kappa shape index (κ2) is 20.9. The van der Waals surface area contributed by atoms with E-state index in [4.69, 9.17) is 21.9 Å². The number of unbranched alkanes of at least 4 members (excludes halogenated alkanes) is 12. The first-order valence-electron chi connectivity index (χ1n) is 14.2. The Balaban J connectivity index is 2.48. The number of hydrogen-bond donors (Lipinski definition) is 5. The molecule has 0 saturated carbocycles. The molecule has 0 amide bonds. The molecule has 9 nitrogen and oxygen atoms in total. The van der Waals surface area contributed by atoms with Crippen LogP contribution in [0.5, 0.6) is 0 Å². The highest BCUT2D eigenvalue weighted by atomic mass is 16.5. The molecule has 0 aromatic carbocycles. The Bertz CT molecular complexity index is 689. The maximum atomic E-state index is 13.1. The highest BCUT2D eigenvalue weighted by Crippen LogP contribution is 2.25. The molecule has 1 atom stereocenters. The molecule has 8 N–H and O–H groups in total. The molecule has 0 saturated heterocycles. The van der Waals surface area contributed by atoms with E-state index < -0.39 is 0 Å². The number of guanidine groups is 2. The number of esters is 1. The highest BCUT2D eigenvalue weighted by molar-refractivity contribution is 5.94. The molecule has 0 aliphatic carbocycles. The predicted octanol–water partition coefficient (Wildman–Crippen LogP) is 3.99. The second-order valence-corrected chi connectivity index (χ2v) is 9.70. The van der Waals surface area contributed by atoms with Gasteiger partial charge in [0.15, 0.2) is 11.9 Å². The number of nitrogens with two attached hydrogens (primary N) is 3. The summed E-state index contributed by atoms with van der Waals surface area (Å²) in [4.78, 5) is 21.6. The first-order valence-corrected chi connectivity index (χ1v) is 14.2. The van der Waals surface area contributed by atoms with E-state index in [0.717, 1.165) is 57.1 Å². The minimum atomic E-state index is -0.319. The van der Waals surface area contributed by atoms with Crippen LogP contribution in [-0.4, -0.2) is 48.8 Å². The lowest BCUT2D eigenvalue weighted by Gasteiger charge is -2.26. The van der Waals surface area contributed by atoms with Gasteiger partial charge in [-0.25, -0.2) is 9.79 Å². The van der Waals surface area contributed by atoms with E-state index in [2.05, 4.69) is 22.2 Å². The molecule has 1 aliphatic rings. The summed E-state index contributed by atoms with van der Waals surface area (Å²) in [5, 5.41) is 12.4. The van der Waals surface area contributed by atoms with Crippen molar-refractivity contribution in [2.45, 2.75) is 122 Å². The number of nitrogens with one attached hydrogen (secondary N) is 1. The lowest BCUT2D eigenvalue weighted by atomic mass is 9.95. The maximum absolute atomic E-state index is 13.1. The van der Waals surface area contributed by atoms with Gasteiger partial charge in [0.25, 0.3) is 0 Å². The van der Waals surface area contributed by atoms with E-state index >= 15 is 0 Å². The van der Waals surface area contributed by atoms with Crippen molar-refractivity contribution >= 4 is 17.9 Å². The van der Waals surface area contributed by atoms with Gasteiger partial charge in [-0.1, -0.05) is 84.0 Å². The topological polar surface area (TPSA) is 161 Å². The van der Waals surface area contributed by atoms with Crippen LogP contribution >= 0.6 is 0 Å². The molecule has 36 heavy (non-hydrogen) atoms. The fourth-order valence-corrected chi connectivity index (χ4v) is 4.45. The van der Waals surface area contributed by atoms with Gasteiger partial charge in [0.1, 0.15) is 0 Å². The van der Waals surface area contributed by atoms with Crippen LogP contribution in [0.3, 0.4) is 0 Å². The van der Waals surface area contributed by atoms with Gasteiger partial charge in [-0.15, -0.1) is 0 Å². The van der Waals surface area contributed by atoms with Crippen molar-refractivity contribution in [1.29, 1.82) is 0 Å². The molecule has 0 aromatic rings. The van der Waals surface area contributed by atoms with E-state index in [1.807, 2.05) is 0 Å². The van der Waals surface area contributed by atoms with Crippen LogP contribution in [0.2, 0.25) is 0 Å². The summed E-state index contributed by atoms with van der Waals surface area (Å²) >= 11 is 0. The lowest BCUT2D eigenvalue weighted by Crippen LogP contribution is -2.40. The van der Waals surface area contributed by atoms with E-state index in [-0.39, 0.29) is 24.6 Å². The Morgan fingerprint density at radius 2 is 1.56 bits per heavy atom. The lowest BCUT2D eigenvalue weighted by molar-refractivity contribution is -0.139. The van der Waals surface area contributed by atoms with Crippen molar-refractivity contribution in [3.8, 4) is 0 Å². The van der Waals surface area contributed by atoms with Crippen LogP contribution < -0.4 is 22.5 Å². The monoisotopic (exact) mass is 508 g/mol. The van der Waals surface area contributed by atoms with Crippen molar-refractivity contribution in [2.75, 3.05) is 19.8 Å². The Labute approximate surface area is 218 Å². The van der Waals surface area contributed by atoms with Gasteiger partial charge in [-0.2, -0.15) is 0 Å². The van der Waals surface area contributed by atoms with Gasteiger partial charge >= 0.3 is 5.97 Å². The number of aliphatic imine (C=N–C) groups is 2. The van der Waals surface area contributed by atoms with Crippen molar-refractivity contribution in [3.63, 3.8) is 0 Å². The summed E-state index contributed by atoms with van der Waals surface area (Å²) in [7, 11) is 0. The highest BCUT2D eigenvalue weighted by Gasteiger charge is 2.29. The normalized spacial score (nSPS) is 15.4. The molecule has 0 bridgehead atoms. The number of aliphatic hydroxyl groups is 1. The average molecular weight is 509 g/mol. The molecule has 0 spiro atoms. The third-order valence-electron chi connectivity index (χ3n) is 6.45. The molecule has 0 fully saturated rings. The van der Waals surface area contributed by atoms with Gasteiger partial charge in [-0.05, 0) is 32.1 Å². The molecular weight excluding hydrogens is 456 g/mol. The number of hydrogen-bond acceptors (Lipinski definition) is 7. The summed E-state index contributed by atoms with van der Waals surface area (Å²) in [6.07, 6.45) is 17.9. The summed E-state index contributed by atoms with van der Waals surface area (Å²) in [6.45, 7) is 3.33. The Morgan fingerprint density at radius 3 is 2.19 bits per heavy atom. The SMILES string of the molecule is CCCCCCCCCCCC1N=C(N)NC(CCCO)=C1C(=O)OCCCCCCCN=C(N)N. The fourth-order valence-electron chi connectivity index (χ4n) is 4.45. The zero-order chi connectivity index (χ0) is 26.4. The Hall–Kier alpha value is -2.29. The number of nitrogens with zero attached hydrogens (tertiary/aromatic N) is 2. The van der Waals surface area contributed by atoms with Crippen LogP contribution in [0.25, 0.3) is 0 Å². The van der Waals surface area contributed by atoms with Crippen LogP contribution in [0, 0.1) is 0 Å². The number of aliphatic hydroxyl groups excluding tert-OH is 1. The number of rotatable bonds is 22. The van der Waals surface area contributed by atoms with Crippen LogP contribution in [0.4, 0.5) is 0 Å². The van der Waals surface area contributed by atoms with E-state index in [0.29, 0.717) is 37.5 Å². The quantitative estimate of drug-likeness (QED) is 0.0639. The van der Waals surface area contributed by atoms with Gasteiger partial charge < -0.3 is 32.4 Å². The average Bonchev–Trinajstić information content (AvgIpc) is 2.84. The molecule has 1 rings (SSSR count). The number of allylic oxidation sites excluding steroid dienone is 1. The fraction of sp³-hybridized carbons (Fsp3) is 0.815. The molecule has 0 aromatic heterocycles. The predicted molar refractivity (Wildman–Crippen MR) is 148 cm³/mol. The smallest absolute Gasteiger partial charge is 0.337 e. The third kappa shape index (κ3) is 15.0. The Kier molecular flexibility index (Phi) is 18.4. The third-order valence-corrected chi connectivity index (χ3v) is 6.45. The van der Waals surface area contributed by atoms with Crippen LogP contribution in [0.15, 0.2) is 21.3 Å². The molecule has 1 heterocycles. The maximum Gasteiger partial charge on any atom is 0.337 e. The minimum absolute atomic E-state index is 0.0522. The summed E-state index contributed by atoms with van der Waals surface area (Å²) in [5.41, 5.74) is 18.0. The summed E-state index contributed by atoms with van der Waals surface area (Å²) in [5.74, 6) is 0.149. The van der Waals surface area contributed by atoms with Crippen LogP contribution in [-0.2, 0) is 9.53 Å². The minimum Gasteiger partial charge on any atom is -0.462 e. The van der Waals surface area contributed by atoms with Crippen molar-refractivity contribution in [3.05, 3.63) is 11.3 Å². The molecule has 1 aliphatic heterocycles. The van der Waals surface area contributed by atoms with Gasteiger partial charge in [0, 0.05) is 18.8 Å².